The van der Waals surface area contributed by atoms with Crippen LogP contribution in [0.1, 0.15) is 24.5 Å². The Balaban J connectivity index is 2.12. The van der Waals surface area contributed by atoms with Crippen LogP contribution < -0.4 is 10.2 Å². The largest absolute Gasteiger partial charge is 0.480 e. The number of nitrogens with zero attached hydrogens (tertiary/aromatic N) is 1. The van der Waals surface area contributed by atoms with E-state index in [0.717, 1.165) is 16.8 Å². The molecule has 1 aromatic carbocycles. The van der Waals surface area contributed by atoms with Crippen LogP contribution in [0.3, 0.4) is 0 Å². The molecule has 1 aliphatic heterocycles. The monoisotopic (exact) mass is 304 g/mol. The Morgan fingerprint density at radius 1 is 1.27 bits per heavy atom. The lowest BCUT2D eigenvalue weighted by Gasteiger charge is -2.18. The van der Waals surface area contributed by atoms with E-state index in [9.17, 15) is 14.4 Å². The number of amides is 2. The van der Waals surface area contributed by atoms with E-state index in [-0.39, 0.29) is 5.91 Å². The molecule has 1 unspecified atom stereocenters. The predicted molar refractivity (Wildman–Crippen MR) is 81.6 cm³/mol. The molecule has 118 valence electrons. The fourth-order valence-corrected chi connectivity index (χ4v) is 2.66. The van der Waals surface area contributed by atoms with Gasteiger partial charge < -0.3 is 15.3 Å². The van der Waals surface area contributed by atoms with E-state index in [1.54, 1.807) is 4.90 Å². The van der Waals surface area contributed by atoms with Gasteiger partial charge in [-0.15, -0.1) is 0 Å². The summed E-state index contributed by atoms with van der Waals surface area (Å²) in [5.41, 5.74) is 2.88. The highest BCUT2D eigenvalue weighted by Crippen LogP contribution is 2.27. The van der Waals surface area contributed by atoms with Crippen molar-refractivity contribution in [2.75, 3.05) is 11.4 Å². The van der Waals surface area contributed by atoms with Crippen molar-refractivity contribution in [2.45, 2.75) is 33.2 Å². The van der Waals surface area contributed by atoms with Crippen molar-refractivity contribution in [2.24, 2.45) is 5.92 Å². The minimum atomic E-state index is -1.12. The van der Waals surface area contributed by atoms with Gasteiger partial charge in [-0.05, 0) is 50.5 Å². The number of carbonyl (C=O) groups excluding carboxylic acids is 2. The number of aliphatic carboxylic acids is 1. The summed E-state index contributed by atoms with van der Waals surface area (Å²) in [6.07, 6.45) is 0.393. The summed E-state index contributed by atoms with van der Waals surface area (Å²) < 4.78 is 0. The van der Waals surface area contributed by atoms with Crippen LogP contribution in [0, 0.1) is 19.8 Å². The number of nitrogens with one attached hydrogen (secondary N) is 1. The first kappa shape index (κ1) is 16.0. The second-order valence-electron chi connectivity index (χ2n) is 5.75. The van der Waals surface area contributed by atoms with Gasteiger partial charge in [-0.1, -0.05) is 6.07 Å². The molecule has 0 aliphatic carbocycles. The van der Waals surface area contributed by atoms with Crippen molar-refractivity contribution in [1.29, 1.82) is 0 Å². The van der Waals surface area contributed by atoms with Crippen LogP contribution in [0.4, 0.5) is 5.69 Å². The summed E-state index contributed by atoms with van der Waals surface area (Å²) in [7, 11) is 0. The fourth-order valence-electron chi connectivity index (χ4n) is 2.66. The Bertz CT molecular complexity index is 606. The molecule has 0 saturated carbocycles. The topological polar surface area (TPSA) is 86.7 Å². The van der Waals surface area contributed by atoms with Gasteiger partial charge in [0.15, 0.2) is 0 Å². The number of anilines is 1. The number of carboxylic acids is 1. The van der Waals surface area contributed by atoms with Gasteiger partial charge in [0.05, 0.1) is 0 Å². The van der Waals surface area contributed by atoms with E-state index in [4.69, 9.17) is 5.11 Å². The van der Waals surface area contributed by atoms with Crippen LogP contribution in [-0.4, -0.2) is 35.5 Å². The van der Waals surface area contributed by atoms with E-state index in [1.165, 1.54) is 6.92 Å². The van der Waals surface area contributed by atoms with Gasteiger partial charge in [-0.3, -0.25) is 14.4 Å². The van der Waals surface area contributed by atoms with Crippen LogP contribution >= 0.6 is 0 Å². The molecule has 1 aromatic rings. The molecule has 0 bridgehead atoms. The number of aryl methyl sites for hydroxylation is 2. The second-order valence-corrected chi connectivity index (χ2v) is 5.75. The lowest BCUT2D eigenvalue weighted by atomic mass is 10.1. The van der Waals surface area contributed by atoms with E-state index in [0.29, 0.717) is 13.0 Å². The molecule has 0 aromatic heterocycles. The Kier molecular flexibility index (Phi) is 4.49. The number of carboxylic acid groups (broad SMARTS) is 1. The quantitative estimate of drug-likeness (QED) is 0.820. The molecule has 6 nitrogen and oxygen atoms in total. The van der Waals surface area contributed by atoms with Gasteiger partial charge in [0, 0.05) is 12.2 Å². The molecule has 1 saturated heterocycles. The first-order valence-corrected chi connectivity index (χ1v) is 7.22. The molecule has 2 atom stereocenters. The Morgan fingerprint density at radius 2 is 1.86 bits per heavy atom. The first-order chi connectivity index (χ1) is 10.3. The molecule has 6 heteroatoms. The fraction of sp³-hybridized carbons (Fsp3) is 0.438. The molecule has 0 radical (unpaired) electrons. The molecular weight excluding hydrogens is 284 g/mol. The van der Waals surface area contributed by atoms with Crippen LogP contribution in [0.2, 0.25) is 0 Å². The lowest BCUT2D eigenvalue weighted by molar-refractivity contribution is -0.143. The van der Waals surface area contributed by atoms with E-state index in [1.807, 2.05) is 32.0 Å². The second kappa shape index (κ2) is 6.17. The lowest BCUT2D eigenvalue weighted by Crippen LogP contribution is -2.44. The smallest absolute Gasteiger partial charge is 0.325 e. The van der Waals surface area contributed by atoms with Crippen molar-refractivity contribution in [1.82, 2.24) is 5.32 Å². The number of benzene rings is 1. The van der Waals surface area contributed by atoms with Gasteiger partial charge in [-0.2, -0.15) is 0 Å². The maximum absolute atomic E-state index is 12.4. The Morgan fingerprint density at radius 3 is 2.41 bits per heavy atom. The third-order valence-electron chi connectivity index (χ3n) is 3.77. The third kappa shape index (κ3) is 3.27. The summed E-state index contributed by atoms with van der Waals surface area (Å²) in [6.45, 7) is 5.74. The molecule has 2 rings (SSSR count). The van der Waals surface area contributed by atoms with Gasteiger partial charge in [0.1, 0.15) is 12.0 Å². The zero-order valence-corrected chi connectivity index (χ0v) is 12.9. The highest BCUT2D eigenvalue weighted by Gasteiger charge is 2.38. The van der Waals surface area contributed by atoms with E-state index >= 15 is 0 Å². The minimum absolute atomic E-state index is 0.278. The number of hydrogen-bond acceptors (Lipinski definition) is 3. The highest BCUT2D eigenvalue weighted by atomic mass is 16.4. The van der Waals surface area contributed by atoms with Crippen molar-refractivity contribution >= 4 is 23.5 Å². The minimum Gasteiger partial charge on any atom is -0.480 e. The predicted octanol–water partition coefficient (Wildman–Crippen LogP) is 1.25. The van der Waals surface area contributed by atoms with Gasteiger partial charge in [0.25, 0.3) is 0 Å². The molecule has 2 N–H and O–H groups in total. The van der Waals surface area contributed by atoms with Crippen molar-refractivity contribution in [3.05, 3.63) is 29.3 Å². The highest BCUT2D eigenvalue weighted by molar-refractivity contribution is 6.10. The molecule has 2 amide bonds. The van der Waals surface area contributed by atoms with Gasteiger partial charge in [-0.25, -0.2) is 0 Å². The summed E-state index contributed by atoms with van der Waals surface area (Å²) in [5, 5.41) is 11.2. The Hall–Kier alpha value is -2.37. The molecule has 1 aliphatic rings. The van der Waals surface area contributed by atoms with Crippen LogP contribution in [0.5, 0.6) is 0 Å². The normalized spacial score (nSPS) is 19.1. The zero-order valence-electron chi connectivity index (χ0n) is 12.9. The summed E-state index contributed by atoms with van der Waals surface area (Å²) >= 11 is 0. The average molecular weight is 304 g/mol. The van der Waals surface area contributed by atoms with Crippen molar-refractivity contribution in [3.8, 4) is 0 Å². The molecular formula is C16H20N2O4. The standard InChI is InChI=1S/C16H20N2O4/c1-9-6-10(2)8-12(7-9)18-5-4-13(15(18)20)14(19)17-11(3)16(21)22/h6-8,11,13H,4-5H2,1-3H3,(H,17,19)(H,21,22)/t11-,13?/m1/s1. The van der Waals surface area contributed by atoms with Crippen LogP contribution in [0.15, 0.2) is 18.2 Å². The summed E-state index contributed by atoms with van der Waals surface area (Å²) in [4.78, 5) is 36.9. The summed E-state index contributed by atoms with van der Waals surface area (Å²) in [6, 6.07) is 4.83. The average Bonchev–Trinajstić information content (AvgIpc) is 2.79. The number of hydrogen-bond donors (Lipinski definition) is 2. The molecule has 1 fully saturated rings. The van der Waals surface area contributed by atoms with Gasteiger partial charge in [0.2, 0.25) is 11.8 Å². The van der Waals surface area contributed by atoms with Crippen molar-refractivity contribution in [3.63, 3.8) is 0 Å². The van der Waals surface area contributed by atoms with E-state index < -0.39 is 23.8 Å². The third-order valence-corrected chi connectivity index (χ3v) is 3.77. The number of rotatable bonds is 4. The molecule has 0 spiro atoms. The maximum atomic E-state index is 12.4. The first-order valence-electron chi connectivity index (χ1n) is 7.22. The van der Waals surface area contributed by atoms with Crippen molar-refractivity contribution < 1.29 is 19.5 Å². The number of carbonyl (C=O) groups is 3. The zero-order chi connectivity index (χ0) is 16.4. The molecule has 22 heavy (non-hydrogen) atoms. The molecule has 1 heterocycles. The maximum Gasteiger partial charge on any atom is 0.325 e. The SMILES string of the molecule is Cc1cc(C)cc(N2CCC(C(=O)N[C@H](C)C(=O)O)C2=O)c1. The van der Waals surface area contributed by atoms with Crippen LogP contribution in [0.25, 0.3) is 0 Å². The van der Waals surface area contributed by atoms with E-state index in [2.05, 4.69) is 5.32 Å². The van der Waals surface area contributed by atoms with Crippen LogP contribution in [-0.2, 0) is 14.4 Å². The Labute approximate surface area is 129 Å². The summed E-state index contributed by atoms with van der Waals surface area (Å²) in [5.74, 6) is -2.74. The van der Waals surface area contributed by atoms with Gasteiger partial charge >= 0.3 is 5.97 Å².